The van der Waals surface area contributed by atoms with Gasteiger partial charge in [-0.1, -0.05) is 26.0 Å². The molecule has 0 aliphatic rings. The van der Waals surface area contributed by atoms with Crippen molar-refractivity contribution >= 4 is 18.5 Å². The van der Waals surface area contributed by atoms with Gasteiger partial charge in [0.05, 0.1) is 12.7 Å². The molecule has 0 aromatic heterocycles. The molecule has 1 N–H and O–H groups in total. The lowest BCUT2D eigenvalue weighted by molar-refractivity contribution is -0.136. The van der Waals surface area contributed by atoms with Crippen molar-refractivity contribution in [2.24, 2.45) is 0 Å². The molecule has 0 fully saturated rings. The topological polar surface area (TPSA) is 80.7 Å². The Hall–Kier alpha value is -2.17. The fourth-order valence-electron chi connectivity index (χ4n) is 0.764. The minimum absolute atomic E-state index is 0.222. The van der Waals surface area contributed by atoms with Crippen LogP contribution in [0.3, 0.4) is 0 Å². The van der Waals surface area contributed by atoms with Crippen LogP contribution in [0.25, 0.3) is 0 Å². The molecule has 0 saturated heterocycles. The normalized spacial score (nSPS) is 7.95. The largest absolute Gasteiger partial charge is 0.496 e. The van der Waals surface area contributed by atoms with Crippen LogP contribution in [0.5, 0.6) is 5.75 Å². The van der Waals surface area contributed by atoms with Gasteiger partial charge in [-0.25, -0.2) is 0 Å². The number of carbonyl (C=O) groups excluding carboxylic acids is 2. The van der Waals surface area contributed by atoms with Crippen molar-refractivity contribution in [2.45, 2.75) is 26.7 Å². The minimum Gasteiger partial charge on any atom is -0.496 e. The first-order valence-corrected chi connectivity index (χ1v) is 5.80. The van der Waals surface area contributed by atoms with E-state index in [1.807, 2.05) is 13.0 Å². The zero-order chi connectivity index (χ0) is 15.1. The van der Waals surface area contributed by atoms with Crippen LogP contribution in [0.2, 0.25) is 0 Å². The standard InChI is InChI=1S/C8H8O2.C3H6O2.C3H6O/c1-10-8-5-3-2-4-7(8)6-9;1-2-3(4)5;1-2-3-4/h2-6H,1H3;2H2,1H3,(H,4,5);3H,2H2,1H3. The number of aliphatic carboxylic acids is 1. The predicted octanol–water partition coefficient (Wildman–Crippen LogP) is 2.58. The number of carboxylic acids is 1. The van der Waals surface area contributed by atoms with Gasteiger partial charge in [-0.15, -0.1) is 0 Å². The van der Waals surface area contributed by atoms with Crippen LogP contribution in [0.1, 0.15) is 37.0 Å². The number of aldehydes is 2. The Morgan fingerprint density at radius 1 is 1.26 bits per heavy atom. The summed E-state index contributed by atoms with van der Waals surface area (Å²) in [5.74, 6) is -0.123. The van der Waals surface area contributed by atoms with Gasteiger partial charge in [0, 0.05) is 12.8 Å². The van der Waals surface area contributed by atoms with Crippen LogP contribution in [0.15, 0.2) is 24.3 Å². The monoisotopic (exact) mass is 268 g/mol. The van der Waals surface area contributed by atoms with Crippen LogP contribution in [-0.2, 0) is 9.59 Å². The highest BCUT2D eigenvalue weighted by Crippen LogP contribution is 2.13. The van der Waals surface area contributed by atoms with Crippen molar-refractivity contribution in [3.05, 3.63) is 29.8 Å². The molecule has 1 aromatic carbocycles. The first-order chi connectivity index (χ1) is 9.06. The van der Waals surface area contributed by atoms with Crippen LogP contribution in [-0.4, -0.2) is 30.8 Å². The van der Waals surface area contributed by atoms with E-state index in [4.69, 9.17) is 9.84 Å². The maximum atomic E-state index is 10.3. The molecule has 0 radical (unpaired) electrons. The maximum Gasteiger partial charge on any atom is 0.303 e. The van der Waals surface area contributed by atoms with Gasteiger partial charge in [-0.3, -0.25) is 9.59 Å². The average Bonchev–Trinajstić information content (AvgIpc) is 2.47. The molecule has 1 aromatic rings. The first kappa shape index (κ1) is 19.2. The number of hydrogen-bond donors (Lipinski definition) is 1. The molecule has 0 spiro atoms. The van der Waals surface area contributed by atoms with E-state index < -0.39 is 5.97 Å². The van der Waals surface area contributed by atoms with E-state index in [0.717, 1.165) is 12.6 Å². The van der Waals surface area contributed by atoms with Gasteiger partial charge in [0.25, 0.3) is 0 Å². The highest BCUT2D eigenvalue weighted by atomic mass is 16.5. The van der Waals surface area contributed by atoms with E-state index in [1.165, 1.54) is 0 Å². The highest BCUT2D eigenvalue weighted by molar-refractivity contribution is 5.79. The van der Waals surface area contributed by atoms with E-state index in [-0.39, 0.29) is 6.42 Å². The molecule has 1 rings (SSSR count). The molecule has 0 atom stereocenters. The second-order valence-electron chi connectivity index (χ2n) is 3.18. The zero-order valence-electron chi connectivity index (χ0n) is 11.5. The minimum atomic E-state index is -0.745. The number of hydrogen-bond acceptors (Lipinski definition) is 4. The summed E-state index contributed by atoms with van der Waals surface area (Å²) in [6.07, 6.45) is 2.51. The summed E-state index contributed by atoms with van der Waals surface area (Å²) >= 11 is 0. The molecule has 0 aliphatic carbocycles. The molecule has 5 nitrogen and oxygen atoms in total. The van der Waals surface area contributed by atoms with Gasteiger partial charge < -0.3 is 14.6 Å². The molecular weight excluding hydrogens is 248 g/mol. The fraction of sp³-hybridized carbons (Fsp3) is 0.357. The number of benzene rings is 1. The van der Waals surface area contributed by atoms with E-state index >= 15 is 0 Å². The van der Waals surface area contributed by atoms with Gasteiger partial charge in [0.1, 0.15) is 12.0 Å². The van der Waals surface area contributed by atoms with E-state index in [9.17, 15) is 14.4 Å². The summed E-state index contributed by atoms with van der Waals surface area (Å²) in [7, 11) is 1.54. The lowest BCUT2D eigenvalue weighted by Gasteiger charge is -1.99. The molecule has 0 heterocycles. The SMILES string of the molecule is CCC(=O)O.CCC=O.COc1ccccc1C=O. The number of para-hydroxylation sites is 1. The molecule has 0 amide bonds. The first-order valence-electron chi connectivity index (χ1n) is 5.80. The molecule has 0 bridgehead atoms. The van der Waals surface area contributed by atoms with Gasteiger partial charge in [0.15, 0.2) is 6.29 Å². The van der Waals surface area contributed by atoms with Crippen molar-refractivity contribution in [2.75, 3.05) is 7.11 Å². The van der Waals surface area contributed by atoms with E-state index in [1.54, 1.807) is 32.2 Å². The predicted molar refractivity (Wildman–Crippen MR) is 72.7 cm³/mol. The number of carbonyl (C=O) groups is 3. The van der Waals surface area contributed by atoms with Gasteiger partial charge in [-0.05, 0) is 12.1 Å². The third kappa shape index (κ3) is 12.1. The Morgan fingerprint density at radius 3 is 2.00 bits per heavy atom. The average molecular weight is 268 g/mol. The van der Waals surface area contributed by atoms with E-state index in [2.05, 4.69) is 0 Å². The van der Waals surface area contributed by atoms with Gasteiger partial charge >= 0.3 is 5.97 Å². The summed E-state index contributed by atoms with van der Waals surface area (Å²) in [4.78, 5) is 28.8. The summed E-state index contributed by atoms with van der Waals surface area (Å²) in [6.45, 7) is 3.41. The van der Waals surface area contributed by atoms with Crippen molar-refractivity contribution in [3.63, 3.8) is 0 Å². The fourth-order valence-corrected chi connectivity index (χ4v) is 0.764. The summed E-state index contributed by atoms with van der Waals surface area (Å²) in [5, 5.41) is 7.72. The van der Waals surface area contributed by atoms with E-state index in [0.29, 0.717) is 17.7 Å². The van der Waals surface area contributed by atoms with Crippen molar-refractivity contribution in [1.29, 1.82) is 0 Å². The van der Waals surface area contributed by atoms with Crippen LogP contribution >= 0.6 is 0 Å². The Bertz CT molecular complexity index is 374. The Labute approximate surface area is 113 Å². The Morgan fingerprint density at radius 2 is 1.74 bits per heavy atom. The van der Waals surface area contributed by atoms with Gasteiger partial charge in [0.2, 0.25) is 0 Å². The van der Waals surface area contributed by atoms with Crippen LogP contribution in [0, 0.1) is 0 Å². The number of carboxylic acid groups (broad SMARTS) is 1. The molecule has 5 heteroatoms. The third-order valence-electron chi connectivity index (χ3n) is 1.74. The van der Waals surface area contributed by atoms with Crippen molar-refractivity contribution < 1.29 is 24.2 Å². The molecule has 0 unspecified atom stereocenters. The maximum absolute atomic E-state index is 10.3. The Balaban J connectivity index is 0. The summed E-state index contributed by atoms with van der Waals surface area (Å²) in [6, 6.07) is 7.09. The zero-order valence-corrected chi connectivity index (χ0v) is 11.5. The number of rotatable bonds is 4. The quantitative estimate of drug-likeness (QED) is 0.849. The Kier molecular flexibility index (Phi) is 14.0. The van der Waals surface area contributed by atoms with Crippen LogP contribution < -0.4 is 4.74 Å². The number of ether oxygens (including phenoxy) is 1. The lowest BCUT2D eigenvalue weighted by Crippen LogP contribution is -1.88. The molecule has 0 saturated carbocycles. The highest BCUT2D eigenvalue weighted by Gasteiger charge is 1.96. The molecule has 19 heavy (non-hydrogen) atoms. The van der Waals surface area contributed by atoms with Crippen molar-refractivity contribution in [1.82, 2.24) is 0 Å². The van der Waals surface area contributed by atoms with Crippen LogP contribution in [0.4, 0.5) is 0 Å². The third-order valence-corrected chi connectivity index (χ3v) is 1.74. The molecule has 0 aliphatic heterocycles. The van der Waals surface area contributed by atoms with Crippen molar-refractivity contribution in [3.8, 4) is 5.75 Å². The number of methoxy groups -OCH3 is 1. The smallest absolute Gasteiger partial charge is 0.303 e. The molecular formula is C14H20O5. The molecule has 106 valence electrons. The lowest BCUT2D eigenvalue weighted by atomic mass is 10.2. The summed E-state index contributed by atoms with van der Waals surface area (Å²) in [5.41, 5.74) is 0.588. The van der Waals surface area contributed by atoms with Gasteiger partial charge in [-0.2, -0.15) is 0 Å². The second kappa shape index (κ2) is 13.9. The second-order valence-corrected chi connectivity index (χ2v) is 3.18. The summed E-state index contributed by atoms with van der Waals surface area (Å²) < 4.78 is 4.90.